The van der Waals surface area contributed by atoms with E-state index in [2.05, 4.69) is 24.3 Å². The van der Waals surface area contributed by atoms with Crippen LogP contribution in [0.4, 0.5) is 4.79 Å². The highest BCUT2D eigenvalue weighted by atomic mass is 16.6. The summed E-state index contributed by atoms with van der Waals surface area (Å²) in [5.41, 5.74) is 4.67. The van der Waals surface area contributed by atoms with Crippen molar-refractivity contribution in [3.63, 3.8) is 0 Å². The molecule has 138 valence electrons. The number of carboxylic acids is 1. The zero-order valence-electron chi connectivity index (χ0n) is 14.9. The van der Waals surface area contributed by atoms with Gasteiger partial charge in [-0.1, -0.05) is 48.5 Å². The highest BCUT2D eigenvalue weighted by Gasteiger charge is 2.52. The first-order valence-electron chi connectivity index (χ1n) is 9.49. The average molecular weight is 363 g/mol. The lowest BCUT2D eigenvalue weighted by molar-refractivity contribution is -0.143. The summed E-state index contributed by atoms with van der Waals surface area (Å²) in [7, 11) is 0. The number of nitrogens with zero attached hydrogens (tertiary/aromatic N) is 1. The summed E-state index contributed by atoms with van der Waals surface area (Å²) in [5, 5.41) is 9.55. The van der Waals surface area contributed by atoms with Crippen LogP contribution < -0.4 is 0 Å². The van der Waals surface area contributed by atoms with Gasteiger partial charge < -0.3 is 9.84 Å². The first-order valence-corrected chi connectivity index (χ1v) is 9.49. The fourth-order valence-electron chi connectivity index (χ4n) is 5.02. The molecule has 0 unspecified atom stereocenters. The minimum atomic E-state index is -0.921. The van der Waals surface area contributed by atoms with Gasteiger partial charge in [0.2, 0.25) is 0 Å². The van der Waals surface area contributed by atoms with Crippen LogP contribution in [0.15, 0.2) is 48.5 Å². The molecule has 1 saturated heterocycles. The maximum atomic E-state index is 12.7. The molecule has 0 bridgehead atoms. The van der Waals surface area contributed by atoms with Crippen LogP contribution in [0.25, 0.3) is 11.1 Å². The molecule has 27 heavy (non-hydrogen) atoms. The van der Waals surface area contributed by atoms with Crippen LogP contribution in [0.5, 0.6) is 0 Å². The SMILES string of the molecule is O=C(O)[C@@H]1[C@H]2CC[C@H]2CN1C(=O)OCC1c2ccccc2-c2ccccc21. The Morgan fingerprint density at radius 1 is 1.00 bits per heavy atom. The van der Waals surface area contributed by atoms with Crippen molar-refractivity contribution in [2.75, 3.05) is 13.2 Å². The monoisotopic (exact) mass is 363 g/mol. The molecule has 1 saturated carbocycles. The second-order valence-electron chi connectivity index (χ2n) is 7.74. The second kappa shape index (κ2) is 6.12. The summed E-state index contributed by atoms with van der Waals surface area (Å²) >= 11 is 0. The summed E-state index contributed by atoms with van der Waals surface area (Å²) < 4.78 is 5.65. The van der Waals surface area contributed by atoms with Gasteiger partial charge >= 0.3 is 12.1 Å². The van der Waals surface area contributed by atoms with Crippen molar-refractivity contribution in [3.8, 4) is 11.1 Å². The first-order chi connectivity index (χ1) is 13.1. The molecule has 5 rings (SSSR count). The van der Waals surface area contributed by atoms with E-state index in [0.29, 0.717) is 12.5 Å². The Hall–Kier alpha value is -2.82. The predicted octanol–water partition coefficient (Wildman–Crippen LogP) is 3.73. The van der Waals surface area contributed by atoms with E-state index in [1.54, 1.807) is 0 Å². The Bertz CT molecular complexity index is 879. The molecule has 0 radical (unpaired) electrons. The Kier molecular flexibility index (Phi) is 3.71. The van der Waals surface area contributed by atoms with E-state index in [-0.39, 0.29) is 18.4 Å². The third kappa shape index (κ3) is 2.45. The standard InChI is InChI=1S/C22H21NO4/c24-21(25)20-14-10-9-13(14)11-23(20)22(26)27-12-19-17-7-3-1-5-15(17)16-6-2-4-8-18(16)19/h1-8,13-14,19-20H,9-12H2,(H,24,25)/t13-,14-,20-/m0/s1. The summed E-state index contributed by atoms with van der Waals surface area (Å²) in [5.74, 6) is -0.533. The number of benzene rings is 2. The molecule has 1 N–H and O–H groups in total. The lowest BCUT2D eigenvalue weighted by atomic mass is 9.73. The van der Waals surface area contributed by atoms with E-state index in [1.165, 1.54) is 16.0 Å². The van der Waals surface area contributed by atoms with Crippen LogP contribution in [0.2, 0.25) is 0 Å². The van der Waals surface area contributed by atoms with Gasteiger partial charge in [0.25, 0.3) is 0 Å². The normalized spacial score (nSPS) is 25.3. The van der Waals surface area contributed by atoms with Crippen LogP contribution >= 0.6 is 0 Å². The maximum absolute atomic E-state index is 12.7. The van der Waals surface area contributed by atoms with Crippen molar-refractivity contribution in [3.05, 3.63) is 59.7 Å². The minimum Gasteiger partial charge on any atom is -0.480 e. The maximum Gasteiger partial charge on any atom is 0.410 e. The van der Waals surface area contributed by atoms with Gasteiger partial charge in [0.15, 0.2) is 0 Å². The van der Waals surface area contributed by atoms with Crippen LogP contribution in [0, 0.1) is 11.8 Å². The Labute approximate surface area is 157 Å². The fourth-order valence-corrected chi connectivity index (χ4v) is 5.02. The Balaban J connectivity index is 1.36. The summed E-state index contributed by atoms with van der Waals surface area (Å²) in [6.07, 6.45) is 1.38. The van der Waals surface area contributed by atoms with E-state index in [0.717, 1.165) is 24.0 Å². The lowest BCUT2D eigenvalue weighted by Gasteiger charge is -2.31. The number of fused-ring (bicyclic) bond motifs is 4. The smallest absolute Gasteiger partial charge is 0.410 e. The van der Waals surface area contributed by atoms with E-state index in [1.807, 2.05) is 24.3 Å². The summed E-state index contributed by atoms with van der Waals surface area (Å²) in [4.78, 5) is 25.8. The van der Waals surface area contributed by atoms with Gasteiger partial charge in [-0.3, -0.25) is 4.90 Å². The molecule has 0 aromatic heterocycles. The van der Waals surface area contributed by atoms with E-state index >= 15 is 0 Å². The van der Waals surface area contributed by atoms with E-state index < -0.39 is 18.1 Å². The molecule has 1 amide bonds. The highest BCUT2D eigenvalue weighted by Crippen LogP contribution is 2.46. The number of hydrogen-bond acceptors (Lipinski definition) is 3. The summed E-state index contributed by atoms with van der Waals surface area (Å²) in [6, 6.07) is 15.6. The number of amides is 1. The van der Waals surface area contributed by atoms with Gasteiger partial charge in [0, 0.05) is 12.5 Å². The van der Waals surface area contributed by atoms with E-state index in [9.17, 15) is 14.7 Å². The third-order valence-corrected chi connectivity index (χ3v) is 6.47. The molecule has 2 aromatic carbocycles. The van der Waals surface area contributed by atoms with Crippen molar-refractivity contribution in [1.29, 1.82) is 0 Å². The first kappa shape index (κ1) is 16.4. The van der Waals surface area contributed by atoms with Crippen molar-refractivity contribution in [2.24, 2.45) is 11.8 Å². The number of ether oxygens (including phenoxy) is 1. The topological polar surface area (TPSA) is 66.8 Å². The average Bonchev–Trinajstić information content (AvgIpc) is 3.12. The molecule has 3 aliphatic rings. The van der Waals surface area contributed by atoms with Crippen LogP contribution in [0.3, 0.4) is 0 Å². The molecular weight excluding hydrogens is 342 g/mol. The van der Waals surface area contributed by atoms with Crippen LogP contribution in [0.1, 0.15) is 29.9 Å². The number of likely N-dealkylation sites (tertiary alicyclic amines) is 1. The fraction of sp³-hybridized carbons (Fsp3) is 0.364. The molecule has 1 heterocycles. The molecule has 3 atom stereocenters. The van der Waals surface area contributed by atoms with Gasteiger partial charge in [-0.15, -0.1) is 0 Å². The van der Waals surface area contributed by atoms with Gasteiger partial charge in [-0.2, -0.15) is 0 Å². The number of carbonyl (C=O) groups is 2. The number of rotatable bonds is 3. The number of hydrogen-bond donors (Lipinski definition) is 1. The van der Waals surface area contributed by atoms with Crippen molar-refractivity contribution in [2.45, 2.75) is 24.8 Å². The van der Waals surface area contributed by atoms with Crippen LogP contribution in [-0.4, -0.2) is 41.3 Å². The van der Waals surface area contributed by atoms with Gasteiger partial charge in [0.05, 0.1) is 0 Å². The number of aliphatic carboxylic acids is 1. The van der Waals surface area contributed by atoms with Gasteiger partial charge in [0.1, 0.15) is 12.6 Å². The molecule has 5 heteroatoms. The molecule has 2 aliphatic carbocycles. The largest absolute Gasteiger partial charge is 0.480 e. The third-order valence-electron chi connectivity index (χ3n) is 6.47. The second-order valence-corrected chi connectivity index (χ2v) is 7.74. The zero-order valence-corrected chi connectivity index (χ0v) is 14.9. The quantitative estimate of drug-likeness (QED) is 0.902. The molecule has 5 nitrogen and oxygen atoms in total. The Morgan fingerprint density at radius 3 is 2.19 bits per heavy atom. The number of carbonyl (C=O) groups excluding carboxylic acids is 1. The highest BCUT2D eigenvalue weighted by molar-refractivity contribution is 5.82. The van der Waals surface area contributed by atoms with Crippen molar-refractivity contribution < 1.29 is 19.4 Å². The lowest BCUT2D eigenvalue weighted by Crippen LogP contribution is -2.44. The molecule has 2 aromatic rings. The van der Waals surface area contributed by atoms with Gasteiger partial charge in [-0.05, 0) is 46.9 Å². The predicted molar refractivity (Wildman–Crippen MR) is 99.4 cm³/mol. The Morgan fingerprint density at radius 2 is 1.63 bits per heavy atom. The molecule has 1 aliphatic heterocycles. The minimum absolute atomic E-state index is 0.0102. The summed E-state index contributed by atoms with van der Waals surface area (Å²) in [6.45, 7) is 0.726. The van der Waals surface area contributed by atoms with Gasteiger partial charge in [-0.25, -0.2) is 9.59 Å². The van der Waals surface area contributed by atoms with Crippen LogP contribution in [-0.2, 0) is 9.53 Å². The molecule has 2 fully saturated rings. The molecule has 0 spiro atoms. The molecular formula is C22H21NO4. The van der Waals surface area contributed by atoms with E-state index in [4.69, 9.17) is 4.74 Å². The van der Waals surface area contributed by atoms with Crippen molar-refractivity contribution >= 4 is 12.1 Å². The number of carboxylic acid groups (broad SMARTS) is 1. The zero-order chi connectivity index (χ0) is 18.5. The van der Waals surface area contributed by atoms with Crippen molar-refractivity contribution in [1.82, 2.24) is 4.90 Å².